The average Bonchev–Trinajstić information content (AvgIpc) is 1.68. The van der Waals surface area contributed by atoms with E-state index < -0.39 is 14.7 Å². The first-order chi connectivity index (χ1) is 3.31. The smallest absolute Gasteiger partial charge is 1.00 e. The third kappa shape index (κ3) is 6.53. The Kier molecular flexibility index (Phi) is 10.7. The third-order valence-electron chi connectivity index (χ3n) is 0.306. The van der Waals surface area contributed by atoms with Crippen molar-refractivity contribution in [3.63, 3.8) is 0 Å². The molecule has 0 saturated heterocycles. The molecule has 0 unspecified atom stereocenters. The minimum absolute atomic E-state index is 0. The van der Waals surface area contributed by atoms with E-state index in [4.69, 9.17) is 5.73 Å². The zero-order chi connectivity index (χ0) is 5.70. The van der Waals surface area contributed by atoms with Crippen molar-refractivity contribution in [2.75, 3.05) is 6.54 Å². The van der Waals surface area contributed by atoms with E-state index in [0.29, 0.717) is 0 Å². The van der Waals surface area contributed by atoms with E-state index in [-0.39, 0.29) is 37.5 Å². The Morgan fingerprint density at radius 3 is 2.50 bits per heavy atom. The molecule has 0 spiro atoms. The summed E-state index contributed by atoms with van der Waals surface area (Å²) in [5.41, 5.74) is 4.74. The molecule has 0 heterocycles. The Labute approximate surface area is 71.8 Å². The molecule has 0 bridgehead atoms. The van der Waals surface area contributed by atoms with Gasteiger partial charge >= 0.3 is 44.2 Å². The number of nitrogens with two attached hydrogens (primary N) is 1. The molecule has 0 aliphatic rings. The van der Waals surface area contributed by atoms with Crippen LogP contribution in [0, 0.1) is 0 Å². The Morgan fingerprint density at radius 2 is 2.38 bits per heavy atom. The second-order valence-corrected chi connectivity index (χ2v) is 1.07. The maximum atomic E-state index is 9.86. The van der Waals surface area contributed by atoms with Gasteiger partial charge in [0, 0.05) is 0 Å². The normalized spacial score (nSPS) is 7.62. The topological polar surface area (TPSA) is 69.4 Å². The first kappa shape index (κ1) is 11.3. The van der Waals surface area contributed by atoms with Gasteiger partial charge in [-0.25, -0.2) is 9.36 Å². The molecule has 42 valence electrons. The molecule has 0 rings (SSSR count). The first-order valence-electron chi connectivity index (χ1n) is 1.54. The summed E-state index contributed by atoms with van der Waals surface area (Å²) >= 11 is 0. The predicted molar refractivity (Wildman–Crippen MR) is 23.9 cm³/mol. The van der Waals surface area contributed by atoms with Crippen molar-refractivity contribution in [3.8, 4) is 0 Å². The summed E-state index contributed by atoms with van der Waals surface area (Å²) in [6, 6.07) is 0. The summed E-state index contributed by atoms with van der Waals surface area (Å²) in [7, 11) is -0.640. The molecule has 0 aliphatic heterocycles. The Balaban J connectivity index is -0.000000180. The van der Waals surface area contributed by atoms with Gasteiger partial charge in [0.15, 0.2) is 0 Å². The van der Waals surface area contributed by atoms with Gasteiger partial charge in [0.05, 0.1) is 6.54 Å². The molecular weight excluding hydrogens is 140 g/mol. The van der Waals surface area contributed by atoms with E-state index >= 15 is 0 Å². The second-order valence-electron chi connectivity index (χ2n) is 0.742. The van der Waals surface area contributed by atoms with Crippen LogP contribution in [0.15, 0.2) is 0 Å². The summed E-state index contributed by atoms with van der Waals surface area (Å²) in [6.07, 6.45) is 0. The number of hydrogen-bond donors (Lipinski definition) is 1. The van der Waals surface area contributed by atoms with Gasteiger partial charge in [-0.05, 0) is 0 Å². The number of rotatable bonds is 2. The van der Waals surface area contributed by atoms with E-state index in [9.17, 15) is 9.36 Å². The number of carbonyl (C=O) groups excluding carboxylic acids is 1. The van der Waals surface area contributed by atoms with Crippen LogP contribution in [0.25, 0.3) is 0 Å². The Bertz CT molecular complexity index is 91.9. The van der Waals surface area contributed by atoms with E-state index in [1.807, 2.05) is 0 Å². The summed E-state index contributed by atoms with van der Waals surface area (Å²) < 4.78 is 13.2. The molecule has 6 heteroatoms. The van der Waals surface area contributed by atoms with E-state index in [1.54, 1.807) is 0 Å². The van der Waals surface area contributed by atoms with Gasteiger partial charge in [-0.3, -0.25) is 0 Å². The minimum Gasteiger partial charge on any atom is -1.00 e. The van der Waals surface area contributed by atoms with Gasteiger partial charge < -0.3 is 11.7 Å². The van der Waals surface area contributed by atoms with Gasteiger partial charge in [-0.15, -0.1) is 0 Å². The third-order valence-corrected chi connectivity index (χ3v) is 0.584. The van der Waals surface area contributed by atoms with Crippen molar-refractivity contribution >= 4 is 14.7 Å². The van der Waals surface area contributed by atoms with Crippen molar-refractivity contribution in [1.29, 1.82) is 0 Å². The molecule has 0 aliphatic carbocycles. The molecule has 0 atom stereocenters. The molecule has 0 aromatic carbocycles. The van der Waals surface area contributed by atoms with Crippen molar-refractivity contribution in [1.82, 2.24) is 0 Å². The van der Waals surface area contributed by atoms with E-state index in [2.05, 4.69) is 4.52 Å². The van der Waals surface area contributed by atoms with Crippen LogP contribution in [0.4, 0.5) is 0 Å². The molecule has 0 aromatic rings. The van der Waals surface area contributed by atoms with Crippen molar-refractivity contribution < 1.29 is 44.9 Å². The van der Waals surface area contributed by atoms with Crippen LogP contribution < -0.4 is 35.3 Å². The SMILES string of the molecule is NCC(=O)OP=O.[H-].[Na+]. The molecule has 0 aromatic heterocycles. The van der Waals surface area contributed by atoms with Crippen LogP contribution in [0.2, 0.25) is 0 Å². The van der Waals surface area contributed by atoms with Crippen molar-refractivity contribution in [3.05, 3.63) is 0 Å². The Hall–Kier alpha value is 0.530. The quantitative estimate of drug-likeness (QED) is 0.328. The van der Waals surface area contributed by atoms with Gasteiger partial charge in [-0.2, -0.15) is 0 Å². The van der Waals surface area contributed by atoms with Gasteiger partial charge in [0.25, 0.3) is 0 Å². The molecule has 0 saturated carbocycles. The standard InChI is InChI=1S/C2H4NO3P.Na.H/c3-1-2(4)6-7-5;;/h1,3H2;;/q;+1;-1. The van der Waals surface area contributed by atoms with E-state index in [0.717, 1.165) is 0 Å². The molecule has 4 nitrogen and oxygen atoms in total. The average molecular weight is 145 g/mol. The van der Waals surface area contributed by atoms with Gasteiger partial charge in [0.2, 0.25) is 0 Å². The van der Waals surface area contributed by atoms with Crippen LogP contribution in [0.5, 0.6) is 0 Å². The zero-order valence-corrected chi connectivity index (χ0v) is 7.35. The monoisotopic (exact) mass is 145 g/mol. The maximum absolute atomic E-state index is 9.86. The van der Waals surface area contributed by atoms with E-state index in [1.165, 1.54) is 0 Å². The van der Waals surface area contributed by atoms with Crippen LogP contribution in [-0.4, -0.2) is 12.5 Å². The zero-order valence-electron chi connectivity index (χ0n) is 5.46. The van der Waals surface area contributed by atoms with Crippen LogP contribution in [-0.2, 0) is 13.9 Å². The summed E-state index contributed by atoms with van der Waals surface area (Å²) in [6.45, 7) is -0.227. The molecular formula is C2H5NNaO3P. The predicted octanol–water partition coefficient (Wildman–Crippen LogP) is -3.19. The van der Waals surface area contributed by atoms with Crippen molar-refractivity contribution in [2.24, 2.45) is 5.73 Å². The summed E-state index contributed by atoms with van der Waals surface area (Å²) in [5.74, 6) is -0.670. The molecule has 0 radical (unpaired) electrons. The maximum Gasteiger partial charge on any atom is 1.00 e. The fourth-order valence-corrected chi connectivity index (χ4v) is 0.237. The largest absolute Gasteiger partial charge is 1.00 e. The van der Waals surface area contributed by atoms with Crippen LogP contribution in [0.1, 0.15) is 1.43 Å². The molecule has 0 amide bonds. The van der Waals surface area contributed by atoms with Crippen molar-refractivity contribution in [2.45, 2.75) is 0 Å². The number of hydrogen-bond acceptors (Lipinski definition) is 4. The van der Waals surface area contributed by atoms with Gasteiger partial charge in [-0.1, -0.05) is 0 Å². The fraction of sp³-hybridized carbons (Fsp3) is 0.500. The Morgan fingerprint density at radius 1 is 1.88 bits per heavy atom. The summed E-state index contributed by atoms with van der Waals surface area (Å²) in [5, 5.41) is 0. The number of carbonyl (C=O) groups is 1. The van der Waals surface area contributed by atoms with Crippen LogP contribution in [0.3, 0.4) is 0 Å². The first-order valence-corrected chi connectivity index (χ1v) is 2.27. The molecule has 8 heavy (non-hydrogen) atoms. The fourth-order valence-electron chi connectivity index (χ4n) is 0.0788. The van der Waals surface area contributed by atoms with Gasteiger partial charge in [0.1, 0.15) is 0 Å². The summed E-state index contributed by atoms with van der Waals surface area (Å²) in [4.78, 5) is 9.86. The molecule has 2 N–H and O–H groups in total. The second kappa shape index (κ2) is 7.53. The van der Waals surface area contributed by atoms with Crippen LogP contribution >= 0.6 is 8.69 Å². The molecule has 0 fully saturated rings. The minimum atomic E-state index is -0.670.